The van der Waals surface area contributed by atoms with Crippen molar-refractivity contribution >= 4 is 16.9 Å². The molecule has 3 aromatic rings. The first-order chi connectivity index (χ1) is 12.8. The van der Waals surface area contributed by atoms with Gasteiger partial charge in [0.1, 0.15) is 29.5 Å². The number of rotatable bonds is 6. The average Bonchev–Trinajstić information content (AvgIpc) is 2.90. The lowest BCUT2D eigenvalue weighted by atomic mass is 9.99. The summed E-state index contributed by atoms with van der Waals surface area (Å²) in [6, 6.07) is 6.66. The Morgan fingerprint density at radius 3 is 2.52 bits per heavy atom. The van der Waals surface area contributed by atoms with Gasteiger partial charge in [-0.3, -0.25) is 4.79 Å². The molecule has 1 aromatic heterocycles. The minimum absolute atomic E-state index is 0.0962. The molecule has 0 bridgehead atoms. The van der Waals surface area contributed by atoms with Crippen LogP contribution in [-0.2, 0) is 17.8 Å². The lowest BCUT2D eigenvalue weighted by molar-refractivity contribution is -0.136. The largest absolute Gasteiger partial charge is 0.488 e. The van der Waals surface area contributed by atoms with Gasteiger partial charge in [0, 0.05) is 17.4 Å². The van der Waals surface area contributed by atoms with E-state index >= 15 is 0 Å². The number of halogens is 1. The number of ether oxygens (including phenoxy) is 1. The fourth-order valence-corrected chi connectivity index (χ4v) is 3.25. The van der Waals surface area contributed by atoms with E-state index in [1.165, 1.54) is 12.1 Å². The number of hydrogen-bond acceptors (Lipinski definition) is 3. The highest BCUT2D eigenvalue weighted by Gasteiger charge is 2.15. The number of hydrogen-bond donors (Lipinski definition) is 1. The van der Waals surface area contributed by atoms with Gasteiger partial charge < -0.3 is 14.3 Å². The third-order valence-corrected chi connectivity index (χ3v) is 5.16. The van der Waals surface area contributed by atoms with Crippen LogP contribution in [0.3, 0.4) is 0 Å². The summed E-state index contributed by atoms with van der Waals surface area (Å²) < 4.78 is 25.8. The molecule has 3 rings (SSSR count). The standard InChI is InChI=1S/C22H23FO4/c1-12-13(2)20(7-5-16(12)6-8-21(24)25)26-11-17-9-18(23)10-19-14(3)15(4)27-22(17)19/h5,7,9-10H,6,8,11H2,1-4H3,(H,24,25). The van der Waals surface area contributed by atoms with Crippen LogP contribution in [0, 0.1) is 33.5 Å². The molecule has 27 heavy (non-hydrogen) atoms. The Labute approximate surface area is 157 Å². The van der Waals surface area contributed by atoms with Crippen molar-refractivity contribution in [1.29, 1.82) is 0 Å². The highest BCUT2D eigenvalue weighted by atomic mass is 19.1. The van der Waals surface area contributed by atoms with E-state index in [0.717, 1.165) is 33.4 Å². The smallest absolute Gasteiger partial charge is 0.303 e. The van der Waals surface area contributed by atoms with Crippen molar-refractivity contribution in [3.05, 3.63) is 63.7 Å². The predicted octanol–water partition coefficient (Wildman–Crippen LogP) is 5.40. The van der Waals surface area contributed by atoms with Gasteiger partial charge in [0.25, 0.3) is 0 Å². The fraction of sp³-hybridized carbons (Fsp3) is 0.318. The summed E-state index contributed by atoms with van der Waals surface area (Å²) >= 11 is 0. The molecule has 5 heteroatoms. The number of aliphatic carboxylic acids is 1. The zero-order chi connectivity index (χ0) is 19.7. The molecule has 0 spiro atoms. The summed E-state index contributed by atoms with van der Waals surface area (Å²) in [6.45, 7) is 7.86. The lowest BCUT2D eigenvalue weighted by Crippen LogP contribution is -2.03. The molecule has 0 atom stereocenters. The summed E-state index contributed by atoms with van der Waals surface area (Å²) in [4.78, 5) is 10.8. The van der Waals surface area contributed by atoms with Crippen molar-refractivity contribution in [1.82, 2.24) is 0 Å². The van der Waals surface area contributed by atoms with Crippen molar-refractivity contribution in [2.45, 2.75) is 47.1 Å². The minimum Gasteiger partial charge on any atom is -0.488 e. The van der Waals surface area contributed by atoms with Gasteiger partial charge in [0.2, 0.25) is 0 Å². The number of fused-ring (bicyclic) bond motifs is 1. The van der Waals surface area contributed by atoms with Gasteiger partial charge in [-0.2, -0.15) is 0 Å². The molecule has 1 N–H and O–H groups in total. The number of furan rings is 1. The van der Waals surface area contributed by atoms with Crippen LogP contribution in [0.4, 0.5) is 4.39 Å². The van der Waals surface area contributed by atoms with Crippen LogP contribution in [0.1, 0.15) is 40.0 Å². The second-order valence-electron chi connectivity index (χ2n) is 6.88. The third kappa shape index (κ3) is 3.82. The van der Waals surface area contributed by atoms with Crippen LogP contribution >= 0.6 is 0 Å². The van der Waals surface area contributed by atoms with E-state index < -0.39 is 5.97 Å². The number of carbonyl (C=O) groups is 1. The van der Waals surface area contributed by atoms with Crippen molar-refractivity contribution in [3.63, 3.8) is 0 Å². The maximum absolute atomic E-state index is 14.0. The summed E-state index contributed by atoms with van der Waals surface area (Å²) in [7, 11) is 0. The maximum atomic E-state index is 14.0. The highest BCUT2D eigenvalue weighted by Crippen LogP contribution is 2.31. The van der Waals surface area contributed by atoms with E-state index in [4.69, 9.17) is 14.3 Å². The van der Waals surface area contributed by atoms with Crippen molar-refractivity contribution in [3.8, 4) is 5.75 Å². The first-order valence-electron chi connectivity index (χ1n) is 8.89. The molecule has 142 valence electrons. The van der Waals surface area contributed by atoms with E-state index in [1.54, 1.807) is 0 Å². The zero-order valence-corrected chi connectivity index (χ0v) is 16.0. The van der Waals surface area contributed by atoms with Crippen LogP contribution in [0.25, 0.3) is 11.0 Å². The van der Waals surface area contributed by atoms with Crippen LogP contribution in [0.5, 0.6) is 5.75 Å². The molecule has 1 heterocycles. The van der Waals surface area contributed by atoms with Gasteiger partial charge in [-0.15, -0.1) is 0 Å². The van der Waals surface area contributed by atoms with E-state index in [2.05, 4.69) is 0 Å². The number of benzene rings is 2. The molecule has 4 nitrogen and oxygen atoms in total. The molecule has 2 aromatic carbocycles. The van der Waals surface area contributed by atoms with Gasteiger partial charge in [-0.25, -0.2) is 4.39 Å². The van der Waals surface area contributed by atoms with Crippen LogP contribution in [-0.4, -0.2) is 11.1 Å². The SMILES string of the molecule is Cc1oc2c(COc3ccc(CCC(=O)O)c(C)c3C)cc(F)cc2c1C. The van der Waals surface area contributed by atoms with Gasteiger partial charge in [0.05, 0.1) is 0 Å². The van der Waals surface area contributed by atoms with Crippen LogP contribution in [0.2, 0.25) is 0 Å². The summed E-state index contributed by atoms with van der Waals surface area (Å²) in [5.41, 5.74) is 5.21. The van der Waals surface area contributed by atoms with E-state index in [-0.39, 0.29) is 18.8 Å². The Morgan fingerprint density at radius 2 is 1.81 bits per heavy atom. The molecule has 0 aliphatic heterocycles. The monoisotopic (exact) mass is 370 g/mol. The fourth-order valence-electron chi connectivity index (χ4n) is 3.25. The Bertz CT molecular complexity index is 1020. The Kier molecular flexibility index (Phi) is 5.22. The molecule has 0 fully saturated rings. The first-order valence-corrected chi connectivity index (χ1v) is 8.89. The molecule has 0 unspecified atom stereocenters. The normalized spacial score (nSPS) is 11.1. The van der Waals surface area contributed by atoms with Crippen LogP contribution < -0.4 is 4.74 Å². The Morgan fingerprint density at radius 1 is 1.07 bits per heavy atom. The summed E-state index contributed by atoms with van der Waals surface area (Å²) in [6.07, 6.45) is 0.580. The van der Waals surface area contributed by atoms with E-state index in [9.17, 15) is 9.18 Å². The molecule has 0 aliphatic rings. The molecular formula is C22H23FO4. The quantitative estimate of drug-likeness (QED) is 0.631. The first kappa shape index (κ1) is 19.0. The Balaban J connectivity index is 1.85. The van der Waals surface area contributed by atoms with Gasteiger partial charge >= 0.3 is 5.97 Å². The number of carboxylic acids is 1. The van der Waals surface area contributed by atoms with Gasteiger partial charge in [0.15, 0.2) is 0 Å². The third-order valence-electron chi connectivity index (χ3n) is 5.16. The maximum Gasteiger partial charge on any atom is 0.303 e. The van der Waals surface area contributed by atoms with Crippen molar-refractivity contribution in [2.24, 2.45) is 0 Å². The van der Waals surface area contributed by atoms with Gasteiger partial charge in [-0.1, -0.05) is 6.07 Å². The van der Waals surface area contributed by atoms with Gasteiger partial charge in [-0.05, 0) is 74.6 Å². The van der Waals surface area contributed by atoms with Crippen molar-refractivity contribution in [2.75, 3.05) is 0 Å². The second-order valence-corrected chi connectivity index (χ2v) is 6.88. The predicted molar refractivity (Wildman–Crippen MR) is 102 cm³/mol. The number of aryl methyl sites for hydroxylation is 3. The molecule has 0 radical (unpaired) electrons. The van der Waals surface area contributed by atoms with Crippen molar-refractivity contribution < 1.29 is 23.4 Å². The molecule has 0 saturated heterocycles. The molecule has 0 aliphatic carbocycles. The number of carboxylic acid groups (broad SMARTS) is 1. The average molecular weight is 370 g/mol. The second kappa shape index (κ2) is 7.43. The van der Waals surface area contributed by atoms with E-state index in [0.29, 0.717) is 23.3 Å². The molecule has 0 saturated carbocycles. The lowest BCUT2D eigenvalue weighted by Gasteiger charge is -2.14. The molecular weight excluding hydrogens is 347 g/mol. The topological polar surface area (TPSA) is 59.7 Å². The van der Waals surface area contributed by atoms with Crippen LogP contribution in [0.15, 0.2) is 28.7 Å². The highest BCUT2D eigenvalue weighted by molar-refractivity contribution is 5.84. The van der Waals surface area contributed by atoms with E-state index in [1.807, 2.05) is 39.8 Å². The minimum atomic E-state index is -0.813. The molecule has 0 amide bonds. The zero-order valence-electron chi connectivity index (χ0n) is 16.0. The summed E-state index contributed by atoms with van der Waals surface area (Å²) in [5.74, 6) is 0.337. The summed E-state index contributed by atoms with van der Waals surface area (Å²) in [5, 5.41) is 9.63. The Hall–Kier alpha value is -2.82.